The molecule has 0 aliphatic heterocycles. The minimum atomic E-state index is -1.04. The van der Waals surface area contributed by atoms with Crippen LogP contribution in [-0.4, -0.2) is 27.6 Å². The smallest absolute Gasteiger partial charge is 0.304 e. The second-order valence-corrected chi connectivity index (χ2v) is 4.79. The minimum Gasteiger partial charge on any atom is -0.481 e. The maximum atomic E-state index is 11.8. The summed E-state index contributed by atoms with van der Waals surface area (Å²) < 4.78 is 0. The van der Waals surface area contributed by atoms with E-state index >= 15 is 0 Å². The standard InChI is InChI=1S/C12H12BrNO4/c1-7(15)14-9-4-2-8(3-5-9)12(18)10(13)6-11(16)17/h2-5,10H,6H2,1H3,(H,14,15)(H,16,17). The van der Waals surface area contributed by atoms with Gasteiger partial charge in [0.2, 0.25) is 5.91 Å². The molecule has 1 aromatic rings. The topological polar surface area (TPSA) is 83.5 Å². The molecule has 0 fully saturated rings. The summed E-state index contributed by atoms with van der Waals surface area (Å²) in [5.41, 5.74) is 0.982. The second kappa shape index (κ2) is 6.30. The van der Waals surface area contributed by atoms with Crippen LogP contribution in [0, 0.1) is 0 Å². The number of hydrogen-bond acceptors (Lipinski definition) is 3. The molecule has 0 aliphatic carbocycles. The van der Waals surface area contributed by atoms with Gasteiger partial charge >= 0.3 is 5.97 Å². The zero-order valence-electron chi connectivity index (χ0n) is 9.64. The maximum absolute atomic E-state index is 11.8. The summed E-state index contributed by atoms with van der Waals surface area (Å²) in [6.45, 7) is 1.39. The minimum absolute atomic E-state index is 0.196. The number of ketones is 1. The van der Waals surface area contributed by atoms with Crippen LogP contribution in [0.3, 0.4) is 0 Å². The van der Waals surface area contributed by atoms with Crippen LogP contribution in [0.2, 0.25) is 0 Å². The van der Waals surface area contributed by atoms with Crippen molar-refractivity contribution in [2.24, 2.45) is 0 Å². The molecule has 0 saturated heterocycles. The van der Waals surface area contributed by atoms with Gasteiger partial charge in [-0.15, -0.1) is 0 Å². The Morgan fingerprint density at radius 3 is 2.28 bits per heavy atom. The van der Waals surface area contributed by atoms with E-state index in [4.69, 9.17) is 5.11 Å². The lowest BCUT2D eigenvalue weighted by molar-refractivity contribution is -0.136. The van der Waals surface area contributed by atoms with E-state index in [0.717, 1.165) is 0 Å². The van der Waals surface area contributed by atoms with Gasteiger partial charge in [-0.05, 0) is 24.3 Å². The highest BCUT2D eigenvalue weighted by Crippen LogP contribution is 2.16. The molecule has 1 unspecified atom stereocenters. The first kappa shape index (κ1) is 14.4. The second-order valence-electron chi connectivity index (χ2n) is 3.69. The van der Waals surface area contributed by atoms with E-state index in [-0.39, 0.29) is 18.1 Å². The number of carboxylic acids is 1. The molecule has 0 heterocycles. The number of carbonyl (C=O) groups excluding carboxylic acids is 2. The van der Waals surface area contributed by atoms with Gasteiger partial charge in [0.05, 0.1) is 11.2 Å². The van der Waals surface area contributed by atoms with Gasteiger partial charge in [0.15, 0.2) is 5.78 Å². The van der Waals surface area contributed by atoms with Crippen molar-refractivity contribution in [3.8, 4) is 0 Å². The lowest BCUT2D eigenvalue weighted by Gasteiger charge is -2.07. The van der Waals surface area contributed by atoms with Crippen molar-refractivity contribution in [2.75, 3.05) is 5.32 Å². The Morgan fingerprint density at radius 2 is 1.83 bits per heavy atom. The lowest BCUT2D eigenvalue weighted by Crippen LogP contribution is -2.18. The van der Waals surface area contributed by atoms with Gasteiger partial charge in [0.1, 0.15) is 0 Å². The van der Waals surface area contributed by atoms with E-state index < -0.39 is 10.8 Å². The van der Waals surface area contributed by atoms with E-state index in [0.29, 0.717) is 11.3 Å². The Balaban J connectivity index is 2.75. The van der Waals surface area contributed by atoms with Crippen molar-refractivity contribution >= 4 is 39.3 Å². The fraction of sp³-hybridized carbons (Fsp3) is 0.250. The molecule has 1 atom stereocenters. The van der Waals surface area contributed by atoms with Crippen LogP contribution in [0.4, 0.5) is 5.69 Å². The van der Waals surface area contributed by atoms with Gasteiger partial charge in [-0.1, -0.05) is 15.9 Å². The summed E-state index contributed by atoms with van der Waals surface area (Å²) in [5.74, 6) is -1.54. The van der Waals surface area contributed by atoms with Crippen molar-refractivity contribution in [1.82, 2.24) is 0 Å². The average Bonchev–Trinajstić information content (AvgIpc) is 2.27. The molecular formula is C12H12BrNO4. The predicted octanol–water partition coefficient (Wildman–Crippen LogP) is 2.07. The van der Waals surface area contributed by atoms with Crippen molar-refractivity contribution in [3.63, 3.8) is 0 Å². The van der Waals surface area contributed by atoms with Gasteiger partial charge in [0.25, 0.3) is 0 Å². The molecule has 2 N–H and O–H groups in total. The molecule has 6 heteroatoms. The number of carbonyl (C=O) groups is 3. The third kappa shape index (κ3) is 4.29. The first-order valence-electron chi connectivity index (χ1n) is 5.18. The quantitative estimate of drug-likeness (QED) is 0.644. The zero-order chi connectivity index (χ0) is 13.7. The molecule has 1 rings (SSSR count). The van der Waals surface area contributed by atoms with E-state index in [9.17, 15) is 14.4 Å². The average molecular weight is 314 g/mol. The summed E-state index contributed by atoms with van der Waals surface area (Å²) in [5, 5.41) is 11.2. The van der Waals surface area contributed by atoms with Crippen LogP contribution in [0.1, 0.15) is 23.7 Å². The molecule has 5 nitrogen and oxygen atoms in total. The third-order valence-electron chi connectivity index (χ3n) is 2.13. The van der Waals surface area contributed by atoms with Gasteiger partial charge in [0, 0.05) is 18.2 Å². The van der Waals surface area contributed by atoms with Crippen LogP contribution < -0.4 is 5.32 Å². The predicted molar refractivity (Wildman–Crippen MR) is 70.0 cm³/mol. The summed E-state index contributed by atoms with van der Waals surface area (Å²) >= 11 is 3.04. The number of anilines is 1. The van der Waals surface area contributed by atoms with Gasteiger partial charge in [-0.25, -0.2) is 0 Å². The lowest BCUT2D eigenvalue weighted by atomic mass is 10.1. The Morgan fingerprint density at radius 1 is 1.28 bits per heavy atom. The Bertz CT molecular complexity index is 469. The van der Waals surface area contributed by atoms with Gasteiger partial charge in [-0.3, -0.25) is 14.4 Å². The van der Waals surface area contributed by atoms with Crippen LogP contribution >= 0.6 is 15.9 Å². The molecule has 0 aliphatic rings. The molecule has 1 aromatic carbocycles. The number of rotatable bonds is 5. The van der Waals surface area contributed by atoms with Crippen molar-refractivity contribution < 1.29 is 19.5 Å². The molecular weight excluding hydrogens is 302 g/mol. The number of aliphatic carboxylic acids is 1. The molecule has 0 aromatic heterocycles. The van der Waals surface area contributed by atoms with Crippen LogP contribution in [0.5, 0.6) is 0 Å². The normalized spacial score (nSPS) is 11.7. The third-order valence-corrected chi connectivity index (χ3v) is 2.87. The summed E-state index contributed by atoms with van der Waals surface area (Å²) in [4.78, 5) is 32.4. The molecule has 0 saturated carbocycles. The SMILES string of the molecule is CC(=O)Nc1ccc(C(=O)C(Br)CC(=O)O)cc1. The number of nitrogens with one attached hydrogen (secondary N) is 1. The molecule has 0 bridgehead atoms. The fourth-order valence-electron chi connectivity index (χ4n) is 1.35. The van der Waals surface area contributed by atoms with E-state index in [2.05, 4.69) is 21.2 Å². The molecule has 18 heavy (non-hydrogen) atoms. The van der Waals surface area contributed by atoms with E-state index in [1.54, 1.807) is 24.3 Å². The number of amides is 1. The van der Waals surface area contributed by atoms with E-state index in [1.165, 1.54) is 6.92 Å². The highest BCUT2D eigenvalue weighted by Gasteiger charge is 2.19. The Labute approximate surface area is 112 Å². The number of benzene rings is 1. The van der Waals surface area contributed by atoms with Crippen molar-refractivity contribution in [1.29, 1.82) is 0 Å². The first-order valence-corrected chi connectivity index (χ1v) is 6.09. The fourth-order valence-corrected chi connectivity index (χ4v) is 1.89. The number of carboxylic acid groups (broad SMARTS) is 1. The Hall–Kier alpha value is -1.69. The maximum Gasteiger partial charge on any atom is 0.304 e. The molecule has 0 radical (unpaired) electrons. The van der Waals surface area contributed by atoms with Crippen molar-refractivity contribution in [2.45, 2.75) is 18.2 Å². The van der Waals surface area contributed by atoms with Crippen molar-refractivity contribution in [3.05, 3.63) is 29.8 Å². The number of halogens is 1. The highest BCUT2D eigenvalue weighted by atomic mass is 79.9. The Kier molecular flexibility index (Phi) is 5.03. The van der Waals surface area contributed by atoms with E-state index in [1.807, 2.05) is 0 Å². The van der Waals surface area contributed by atoms with Gasteiger partial charge in [-0.2, -0.15) is 0 Å². The highest BCUT2D eigenvalue weighted by molar-refractivity contribution is 9.10. The van der Waals surface area contributed by atoms with Crippen LogP contribution in [-0.2, 0) is 9.59 Å². The first-order chi connectivity index (χ1) is 8.40. The largest absolute Gasteiger partial charge is 0.481 e. The molecule has 0 spiro atoms. The number of Topliss-reactive ketones (excluding diaryl/α,β-unsaturated/α-hetero) is 1. The molecule has 1 amide bonds. The summed E-state index contributed by atoms with van der Waals surface area (Å²) in [6, 6.07) is 6.28. The zero-order valence-corrected chi connectivity index (χ0v) is 11.2. The van der Waals surface area contributed by atoms with Crippen LogP contribution in [0.25, 0.3) is 0 Å². The van der Waals surface area contributed by atoms with Crippen LogP contribution in [0.15, 0.2) is 24.3 Å². The molecule has 96 valence electrons. The summed E-state index contributed by atoms with van der Waals surface area (Å²) in [7, 11) is 0. The number of hydrogen-bond donors (Lipinski definition) is 2. The summed E-state index contributed by atoms with van der Waals surface area (Å²) in [6.07, 6.45) is -0.272. The monoisotopic (exact) mass is 313 g/mol. The van der Waals surface area contributed by atoms with Gasteiger partial charge < -0.3 is 10.4 Å². The number of alkyl halides is 1.